The van der Waals surface area contributed by atoms with E-state index < -0.39 is 29.8 Å². The maximum atomic E-state index is 13.8. The lowest BCUT2D eigenvalue weighted by Crippen LogP contribution is -2.40. The van der Waals surface area contributed by atoms with Gasteiger partial charge in [-0.25, -0.2) is 0 Å². The van der Waals surface area contributed by atoms with E-state index in [1.807, 2.05) is 109 Å². The van der Waals surface area contributed by atoms with Gasteiger partial charge in [-0.1, -0.05) is 115 Å². The molecule has 1 fully saturated rings. The number of ketones is 1. The Morgan fingerprint density at radius 2 is 1.05 bits per heavy atom. The molecule has 4 atom stereocenters. The Labute approximate surface area is 258 Å². The van der Waals surface area contributed by atoms with E-state index in [2.05, 4.69) is 34.1 Å². The molecule has 7 rings (SSSR count). The molecule has 4 aromatic carbocycles. The van der Waals surface area contributed by atoms with Crippen LogP contribution in [-0.4, -0.2) is 18.0 Å². The van der Waals surface area contributed by atoms with Crippen LogP contribution in [0.25, 0.3) is 11.1 Å². The van der Waals surface area contributed by atoms with Crippen LogP contribution in [0.5, 0.6) is 0 Å². The molecule has 44 heavy (non-hydrogen) atoms. The Bertz CT molecular complexity index is 1790. The van der Waals surface area contributed by atoms with Crippen LogP contribution in [0.4, 0.5) is 11.4 Å². The topological polar surface area (TPSA) is 69.7 Å². The molecule has 2 heterocycles. The lowest BCUT2D eigenvalue weighted by Gasteiger charge is -2.33. The molecule has 0 spiro atoms. The van der Waals surface area contributed by atoms with Crippen LogP contribution in [0.3, 0.4) is 0 Å². The minimum absolute atomic E-state index is 0.532. The van der Waals surface area contributed by atoms with Crippen LogP contribution in [0.2, 0.25) is 0 Å². The van der Waals surface area contributed by atoms with Gasteiger partial charge in [-0.3, -0.25) is 0 Å². The summed E-state index contributed by atoms with van der Waals surface area (Å²) in [6.07, 6.45) is 8.36. The quantitative estimate of drug-likeness (QED) is 0.304. The molecule has 0 bridgehead atoms. The zero-order valence-corrected chi connectivity index (χ0v) is 24.2. The molecule has 0 N–H and O–H groups in total. The number of hydrogen-bond donors (Lipinski definition) is 0. The van der Waals surface area contributed by atoms with Crippen molar-refractivity contribution < 1.29 is 15.0 Å². The maximum Gasteiger partial charge on any atom is 0.125 e. The average Bonchev–Trinajstić information content (AvgIpc) is 3.26. The highest BCUT2D eigenvalue weighted by Crippen LogP contribution is 2.39. The minimum Gasteiger partial charge on any atom is -0.851 e. The van der Waals surface area contributed by atoms with Crippen LogP contribution in [0.1, 0.15) is 22.3 Å². The predicted molar refractivity (Wildman–Crippen MR) is 172 cm³/mol. The normalized spacial score (nSPS) is 24.2. The standard InChI is InChI=1S/C39H32N2O3/c42-37-33(23-29-19-21-40(25-27-11-3-1-4-12-27)35-17-9-7-15-31(29)35)38(43)39(44)34(37)24-30-20-22-41(26-28-13-5-2-6-14-28)36-18-10-8-16-32(30)36/h1-24,33-34,37-38H,25-26H2/q-2. The summed E-state index contributed by atoms with van der Waals surface area (Å²) in [6, 6.07) is 36.4. The van der Waals surface area contributed by atoms with Gasteiger partial charge in [0.1, 0.15) is 5.78 Å². The van der Waals surface area contributed by atoms with Gasteiger partial charge < -0.3 is 24.8 Å². The van der Waals surface area contributed by atoms with Crippen molar-refractivity contribution in [3.63, 3.8) is 0 Å². The molecule has 0 radical (unpaired) electrons. The molecule has 4 unspecified atom stereocenters. The summed E-state index contributed by atoms with van der Waals surface area (Å²) in [6.45, 7) is 1.40. The molecule has 3 aliphatic rings. The van der Waals surface area contributed by atoms with E-state index in [-0.39, 0.29) is 0 Å². The smallest absolute Gasteiger partial charge is 0.125 e. The van der Waals surface area contributed by atoms with E-state index in [0.717, 1.165) is 33.6 Å². The van der Waals surface area contributed by atoms with E-state index in [1.165, 1.54) is 11.1 Å². The van der Waals surface area contributed by atoms with Gasteiger partial charge in [-0.05, 0) is 52.5 Å². The number of nitrogens with zero attached hydrogens (tertiary/aromatic N) is 2. The van der Waals surface area contributed by atoms with Crippen LogP contribution < -0.4 is 20.0 Å². The number of fused-ring (bicyclic) bond motifs is 2. The zero-order valence-electron chi connectivity index (χ0n) is 24.2. The summed E-state index contributed by atoms with van der Waals surface area (Å²) in [5, 5.41) is 27.2. The second-order valence-corrected chi connectivity index (χ2v) is 11.5. The number of carbonyl (C=O) groups excluding carboxylic acids is 1. The van der Waals surface area contributed by atoms with Gasteiger partial charge in [0.2, 0.25) is 0 Å². The first kappa shape index (κ1) is 27.8. The van der Waals surface area contributed by atoms with Crippen molar-refractivity contribution >= 4 is 28.3 Å². The lowest BCUT2D eigenvalue weighted by atomic mass is 9.90. The van der Waals surface area contributed by atoms with E-state index in [9.17, 15) is 15.0 Å². The highest BCUT2D eigenvalue weighted by Gasteiger charge is 2.37. The first-order valence-electron chi connectivity index (χ1n) is 15.0. The molecular weight excluding hydrogens is 544 g/mol. The average molecular weight is 577 g/mol. The molecular formula is C39H32N2O3-2. The number of carbonyl (C=O) groups is 1. The van der Waals surface area contributed by atoms with Crippen LogP contribution in [0, 0.1) is 11.8 Å². The molecule has 1 saturated carbocycles. The molecule has 0 saturated heterocycles. The number of benzene rings is 4. The molecule has 5 heteroatoms. The SMILES string of the molecule is O=C1C([O-])C(C=C2C=CN(Cc3ccccc3)c3ccccc32)C([O-])C1C=C1C=CN(Cc2ccccc2)c2ccccc21. The van der Waals surface area contributed by atoms with Crippen LogP contribution >= 0.6 is 0 Å². The fourth-order valence-corrected chi connectivity index (χ4v) is 6.46. The van der Waals surface area contributed by atoms with Crippen molar-refractivity contribution in [2.24, 2.45) is 11.8 Å². The fourth-order valence-electron chi connectivity index (χ4n) is 6.46. The monoisotopic (exact) mass is 576 g/mol. The number of allylic oxidation sites excluding steroid dienone is 4. The predicted octanol–water partition coefficient (Wildman–Crippen LogP) is 5.49. The van der Waals surface area contributed by atoms with Gasteiger partial charge in [-0.15, -0.1) is 6.10 Å². The summed E-state index contributed by atoms with van der Waals surface area (Å²) < 4.78 is 0. The van der Waals surface area contributed by atoms with Crippen molar-refractivity contribution in [1.82, 2.24) is 0 Å². The van der Waals surface area contributed by atoms with E-state index in [4.69, 9.17) is 0 Å². The fraction of sp³-hybridized carbons (Fsp3) is 0.154. The van der Waals surface area contributed by atoms with Crippen molar-refractivity contribution in [1.29, 1.82) is 0 Å². The van der Waals surface area contributed by atoms with Gasteiger partial charge in [0.15, 0.2) is 0 Å². The first-order chi connectivity index (χ1) is 21.6. The van der Waals surface area contributed by atoms with E-state index in [0.29, 0.717) is 13.1 Å². The summed E-state index contributed by atoms with van der Waals surface area (Å²) in [5.74, 6) is -2.48. The van der Waals surface area contributed by atoms with E-state index in [1.54, 1.807) is 12.2 Å². The van der Waals surface area contributed by atoms with Crippen molar-refractivity contribution in [2.75, 3.05) is 9.80 Å². The van der Waals surface area contributed by atoms with Gasteiger partial charge in [0.25, 0.3) is 0 Å². The number of anilines is 2. The van der Waals surface area contributed by atoms with Crippen LogP contribution in [0.15, 0.2) is 146 Å². The molecule has 218 valence electrons. The Kier molecular flexibility index (Phi) is 7.57. The minimum atomic E-state index is -1.60. The second kappa shape index (κ2) is 12.0. The van der Waals surface area contributed by atoms with Crippen LogP contribution in [-0.2, 0) is 17.9 Å². The highest BCUT2D eigenvalue weighted by molar-refractivity contribution is 5.95. The van der Waals surface area contributed by atoms with Gasteiger partial charge in [0, 0.05) is 53.9 Å². The van der Waals surface area contributed by atoms with Crippen molar-refractivity contribution in [3.8, 4) is 0 Å². The third-order valence-electron chi connectivity index (χ3n) is 8.73. The maximum absolute atomic E-state index is 13.8. The zero-order chi connectivity index (χ0) is 30.0. The Hall–Kier alpha value is -4.97. The van der Waals surface area contributed by atoms with Crippen molar-refractivity contribution in [2.45, 2.75) is 25.3 Å². The molecule has 5 nitrogen and oxygen atoms in total. The lowest BCUT2D eigenvalue weighted by molar-refractivity contribution is -0.458. The molecule has 1 aliphatic carbocycles. The Balaban J connectivity index is 1.16. The number of hydrogen-bond acceptors (Lipinski definition) is 5. The molecule has 2 aliphatic heterocycles. The molecule has 4 aromatic rings. The summed E-state index contributed by atoms with van der Waals surface area (Å²) in [4.78, 5) is 17.6. The summed E-state index contributed by atoms with van der Waals surface area (Å²) >= 11 is 0. The highest BCUT2D eigenvalue weighted by atomic mass is 16.3. The second-order valence-electron chi connectivity index (χ2n) is 11.5. The largest absolute Gasteiger partial charge is 0.851 e. The molecule has 0 aromatic heterocycles. The number of Topliss-reactive ketones (excluding diaryl/α,β-unsaturated/α-hetero) is 1. The third kappa shape index (κ3) is 5.32. The first-order valence-corrected chi connectivity index (χ1v) is 15.0. The number of para-hydroxylation sites is 2. The van der Waals surface area contributed by atoms with Crippen molar-refractivity contribution in [3.05, 3.63) is 168 Å². The number of rotatable bonds is 6. The van der Waals surface area contributed by atoms with Gasteiger partial charge in [0.05, 0.1) is 0 Å². The van der Waals surface area contributed by atoms with Gasteiger partial charge in [-0.2, -0.15) is 0 Å². The Morgan fingerprint density at radius 3 is 1.57 bits per heavy atom. The Morgan fingerprint density at radius 1 is 0.591 bits per heavy atom. The van der Waals surface area contributed by atoms with E-state index >= 15 is 0 Å². The summed E-state index contributed by atoms with van der Waals surface area (Å²) in [7, 11) is 0. The molecule has 0 amide bonds. The van der Waals surface area contributed by atoms with Gasteiger partial charge >= 0.3 is 0 Å². The third-order valence-corrected chi connectivity index (χ3v) is 8.73. The summed E-state index contributed by atoms with van der Waals surface area (Å²) in [5.41, 5.74) is 7.84.